The molecule has 1 aliphatic heterocycles. The van der Waals surface area contributed by atoms with Crippen LogP contribution >= 0.6 is 11.3 Å². The van der Waals surface area contributed by atoms with Crippen LogP contribution in [0.3, 0.4) is 0 Å². The summed E-state index contributed by atoms with van der Waals surface area (Å²) < 4.78 is 6.89. The average Bonchev–Trinajstić information content (AvgIpc) is 3.28. The van der Waals surface area contributed by atoms with Crippen LogP contribution in [0.5, 0.6) is 0 Å². The molecule has 1 fully saturated rings. The number of carbonyl (C=O) groups is 1. The Balaban J connectivity index is 1.44. The number of hydrogen-bond acceptors (Lipinski definition) is 5. The van der Waals surface area contributed by atoms with Gasteiger partial charge in [-0.15, -0.1) is 11.3 Å². The highest BCUT2D eigenvalue weighted by Crippen LogP contribution is 2.35. The van der Waals surface area contributed by atoms with Crippen molar-refractivity contribution in [1.29, 1.82) is 0 Å². The second-order valence-corrected chi connectivity index (χ2v) is 9.17. The van der Waals surface area contributed by atoms with Crippen molar-refractivity contribution < 1.29 is 9.21 Å². The van der Waals surface area contributed by atoms with E-state index >= 15 is 0 Å². The van der Waals surface area contributed by atoms with Gasteiger partial charge < -0.3 is 9.32 Å². The lowest BCUT2D eigenvalue weighted by atomic mass is 9.99. The Morgan fingerprint density at radius 1 is 0.969 bits per heavy atom. The Labute approximate surface area is 191 Å². The summed E-state index contributed by atoms with van der Waals surface area (Å²) in [7, 11) is 0. The molecular formula is C27H25NO3S. The maximum atomic E-state index is 12.8. The summed E-state index contributed by atoms with van der Waals surface area (Å²) >= 11 is 1.40. The molecule has 162 valence electrons. The molecule has 0 aliphatic carbocycles. The average molecular weight is 444 g/mol. The first kappa shape index (κ1) is 20.7. The van der Waals surface area contributed by atoms with Crippen molar-refractivity contribution in [3.8, 4) is 11.1 Å². The van der Waals surface area contributed by atoms with E-state index in [0.29, 0.717) is 28.2 Å². The van der Waals surface area contributed by atoms with Crippen molar-refractivity contribution in [2.75, 3.05) is 18.0 Å². The van der Waals surface area contributed by atoms with Gasteiger partial charge in [0.25, 0.3) is 0 Å². The first-order valence-electron chi connectivity index (χ1n) is 11.2. The molecule has 0 saturated carbocycles. The Bertz CT molecular complexity index is 1300. The molecule has 1 aliphatic rings. The number of piperidine rings is 1. The number of aryl methyl sites for hydroxylation is 1. The molecule has 0 amide bonds. The number of carbonyl (C=O) groups excluding carboxylic acids is 1. The molecule has 0 N–H and O–H groups in total. The fraction of sp³-hybridized carbons (Fsp3) is 0.259. The van der Waals surface area contributed by atoms with Crippen molar-refractivity contribution in [3.05, 3.63) is 87.4 Å². The molecule has 5 heteroatoms. The third kappa shape index (κ3) is 4.26. The molecule has 3 heterocycles. The van der Waals surface area contributed by atoms with Gasteiger partial charge >= 0.3 is 0 Å². The first-order chi connectivity index (χ1) is 15.7. The Kier molecular flexibility index (Phi) is 5.91. The van der Waals surface area contributed by atoms with Crippen LogP contribution < -0.4 is 10.3 Å². The lowest BCUT2D eigenvalue weighted by molar-refractivity contribution is 0.0983. The van der Waals surface area contributed by atoms with E-state index in [1.807, 2.05) is 60.0 Å². The van der Waals surface area contributed by atoms with Crippen molar-refractivity contribution in [2.45, 2.75) is 32.1 Å². The molecule has 32 heavy (non-hydrogen) atoms. The zero-order chi connectivity index (χ0) is 21.9. The number of fused-ring (bicyclic) bond motifs is 1. The molecule has 2 aromatic heterocycles. The molecule has 2 aromatic carbocycles. The third-order valence-electron chi connectivity index (χ3n) is 6.08. The summed E-state index contributed by atoms with van der Waals surface area (Å²) in [5.74, 6) is 0.766. The highest BCUT2D eigenvalue weighted by molar-refractivity contribution is 7.17. The standard InChI is InChI=1S/C27H25NO3S/c29-23(13-12-19-8-3-1-4-9-19)21-11-7-10-20(16-21)22-18-32-27-24(30)17-25(31-26(22)27)28-14-5-2-6-15-28/h1,3-4,7-11,16-18H,2,5-6,12-15H2. The minimum atomic E-state index is -0.00170. The predicted octanol–water partition coefficient (Wildman–Crippen LogP) is 6.33. The summed E-state index contributed by atoms with van der Waals surface area (Å²) in [6.45, 7) is 1.83. The number of rotatable bonds is 6. The largest absolute Gasteiger partial charge is 0.439 e. The second-order valence-electron chi connectivity index (χ2n) is 8.29. The number of thiophene rings is 1. The maximum absolute atomic E-state index is 12.8. The van der Waals surface area contributed by atoms with E-state index in [9.17, 15) is 9.59 Å². The van der Waals surface area contributed by atoms with Crippen molar-refractivity contribution in [3.63, 3.8) is 0 Å². The van der Waals surface area contributed by atoms with Crippen molar-refractivity contribution in [2.24, 2.45) is 0 Å². The van der Waals surface area contributed by atoms with Gasteiger partial charge in [0.05, 0.1) is 0 Å². The smallest absolute Gasteiger partial charge is 0.204 e. The predicted molar refractivity (Wildman–Crippen MR) is 131 cm³/mol. The molecule has 4 aromatic rings. The minimum absolute atomic E-state index is 0.00170. The van der Waals surface area contributed by atoms with E-state index in [4.69, 9.17) is 4.42 Å². The summed E-state index contributed by atoms with van der Waals surface area (Å²) in [5, 5.41) is 1.96. The SMILES string of the molecule is O=C(CCc1ccccc1)c1cccc(-c2csc3c(=O)cc(N4CCCCC4)oc23)c1. The van der Waals surface area contributed by atoms with Crippen LogP contribution in [-0.4, -0.2) is 18.9 Å². The molecule has 5 rings (SSSR count). The van der Waals surface area contributed by atoms with Crippen LogP contribution in [0.2, 0.25) is 0 Å². The second kappa shape index (κ2) is 9.13. The van der Waals surface area contributed by atoms with Crippen LogP contribution in [0.15, 0.2) is 75.3 Å². The summed E-state index contributed by atoms with van der Waals surface area (Å²) in [4.78, 5) is 27.8. The first-order valence-corrected chi connectivity index (χ1v) is 12.0. The minimum Gasteiger partial charge on any atom is -0.439 e. The lowest BCUT2D eigenvalue weighted by Crippen LogP contribution is -2.29. The molecule has 0 bridgehead atoms. The van der Waals surface area contributed by atoms with Crippen LogP contribution in [-0.2, 0) is 6.42 Å². The van der Waals surface area contributed by atoms with Crippen molar-refractivity contribution in [1.82, 2.24) is 0 Å². The van der Waals surface area contributed by atoms with Gasteiger partial charge in [-0.1, -0.05) is 48.5 Å². The third-order valence-corrected chi connectivity index (χ3v) is 7.05. The van der Waals surface area contributed by atoms with E-state index in [2.05, 4.69) is 4.90 Å². The normalized spacial score (nSPS) is 14.1. The molecular weight excluding hydrogens is 418 g/mol. The summed E-state index contributed by atoms with van der Waals surface area (Å²) in [5.41, 5.74) is 4.25. The highest BCUT2D eigenvalue weighted by atomic mass is 32.1. The fourth-order valence-corrected chi connectivity index (χ4v) is 5.22. The highest BCUT2D eigenvalue weighted by Gasteiger charge is 2.19. The number of benzene rings is 2. The zero-order valence-corrected chi connectivity index (χ0v) is 18.7. The summed E-state index contributed by atoms with van der Waals surface area (Å²) in [6.07, 6.45) is 4.64. The quantitative estimate of drug-likeness (QED) is 0.327. The fourth-order valence-electron chi connectivity index (χ4n) is 4.31. The Hall–Kier alpha value is -3.18. The number of nitrogens with zero attached hydrogens (tertiary/aromatic N) is 1. The molecule has 0 radical (unpaired) electrons. The Morgan fingerprint density at radius 2 is 1.78 bits per heavy atom. The zero-order valence-electron chi connectivity index (χ0n) is 17.9. The topological polar surface area (TPSA) is 50.5 Å². The monoisotopic (exact) mass is 443 g/mol. The van der Waals surface area contributed by atoms with Gasteiger partial charge in [0.2, 0.25) is 5.43 Å². The van der Waals surface area contributed by atoms with Gasteiger partial charge in [-0.2, -0.15) is 0 Å². The molecule has 4 nitrogen and oxygen atoms in total. The number of anilines is 1. The van der Waals surface area contributed by atoms with E-state index in [-0.39, 0.29) is 11.2 Å². The molecule has 0 unspecified atom stereocenters. The lowest BCUT2D eigenvalue weighted by Gasteiger charge is -2.26. The van der Waals surface area contributed by atoms with E-state index in [1.54, 1.807) is 6.07 Å². The van der Waals surface area contributed by atoms with Gasteiger partial charge in [0.15, 0.2) is 17.3 Å². The van der Waals surface area contributed by atoms with Gasteiger partial charge in [-0.3, -0.25) is 9.59 Å². The van der Waals surface area contributed by atoms with E-state index < -0.39 is 0 Å². The number of ketones is 1. The maximum Gasteiger partial charge on any atom is 0.204 e. The summed E-state index contributed by atoms with van der Waals surface area (Å²) in [6, 6.07) is 19.3. The van der Waals surface area contributed by atoms with Gasteiger partial charge in [0.1, 0.15) is 4.70 Å². The van der Waals surface area contributed by atoms with Gasteiger partial charge in [0, 0.05) is 42.1 Å². The van der Waals surface area contributed by atoms with Crippen molar-refractivity contribution >= 4 is 33.3 Å². The van der Waals surface area contributed by atoms with Gasteiger partial charge in [-0.05, 0) is 42.9 Å². The van der Waals surface area contributed by atoms with E-state index in [1.165, 1.54) is 17.8 Å². The van der Waals surface area contributed by atoms with E-state index in [0.717, 1.165) is 49.0 Å². The Morgan fingerprint density at radius 3 is 2.59 bits per heavy atom. The molecule has 1 saturated heterocycles. The van der Waals surface area contributed by atoms with Crippen LogP contribution in [0.4, 0.5) is 5.88 Å². The van der Waals surface area contributed by atoms with Crippen LogP contribution in [0.1, 0.15) is 41.6 Å². The van der Waals surface area contributed by atoms with Crippen LogP contribution in [0, 0.1) is 0 Å². The van der Waals surface area contributed by atoms with Crippen LogP contribution in [0.25, 0.3) is 21.4 Å². The van der Waals surface area contributed by atoms with Gasteiger partial charge in [-0.25, -0.2) is 0 Å². The number of Topliss-reactive ketones (excluding diaryl/α,β-unsaturated/α-hetero) is 1. The number of hydrogen-bond donors (Lipinski definition) is 0. The molecule has 0 spiro atoms. The molecule has 0 atom stereocenters.